The molecule has 0 aliphatic heterocycles. The maximum atomic E-state index is 12.5. The Morgan fingerprint density at radius 3 is 1.53 bits per heavy atom. The van der Waals surface area contributed by atoms with Gasteiger partial charge < -0.3 is 18.9 Å². The van der Waals surface area contributed by atoms with Crippen molar-refractivity contribution in [1.82, 2.24) is 0 Å². The van der Waals surface area contributed by atoms with Crippen LogP contribution in [0.15, 0.2) is 0 Å². The lowest BCUT2D eigenvalue weighted by atomic mass is 10.1. The number of esters is 1. The average molecular weight is 637 g/mol. The molecule has 8 nitrogen and oxygen atoms in total. The Bertz CT molecular complexity index is 672. The van der Waals surface area contributed by atoms with Gasteiger partial charge in [0.15, 0.2) is 0 Å². The van der Waals surface area contributed by atoms with E-state index in [0.717, 1.165) is 32.1 Å². The fraction of sp³-hybridized carbons (Fsp3) is 0.971. The van der Waals surface area contributed by atoms with Gasteiger partial charge in [-0.25, -0.2) is 4.57 Å². The number of hydrogen-bond acceptors (Lipinski definition) is 6. The number of ether oxygens (including phenoxy) is 2. The molecule has 0 radical (unpaired) electrons. The third kappa shape index (κ3) is 32.7. The molecule has 2 atom stereocenters. The summed E-state index contributed by atoms with van der Waals surface area (Å²) >= 11 is 0. The summed E-state index contributed by atoms with van der Waals surface area (Å²) in [5.41, 5.74) is 0. The number of carbonyl (C=O) groups is 1. The Morgan fingerprint density at radius 2 is 1.07 bits per heavy atom. The predicted octanol–water partition coefficient (Wildman–Crippen LogP) is 9.38. The molecule has 258 valence electrons. The van der Waals surface area contributed by atoms with Crippen LogP contribution in [-0.2, 0) is 27.9 Å². The van der Waals surface area contributed by atoms with Crippen molar-refractivity contribution in [3.8, 4) is 0 Å². The van der Waals surface area contributed by atoms with Gasteiger partial charge in [-0.15, -0.1) is 0 Å². The van der Waals surface area contributed by atoms with Gasteiger partial charge in [0.25, 0.3) is 0 Å². The molecule has 0 heterocycles. The van der Waals surface area contributed by atoms with Crippen LogP contribution in [0.3, 0.4) is 0 Å². The van der Waals surface area contributed by atoms with Crippen LogP contribution in [0.5, 0.6) is 0 Å². The molecule has 0 aromatic carbocycles. The molecule has 0 saturated heterocycles. The number of likely N-dealkylation sites (N-methyl/N-ethyl adjacent to an activating group) is 1. The van der Waals surface area contributed by atoms with Gasteiger partial charge in [0.1, 0.15) is 19.3 Å². The summed E-state index contributed by atoms with van der Waals surface area (Å²) < 4.78 is 34.7. The molecule has 0 fully saturated rings. The first-order valence-electron chi connectivity index (χ1n) is 17.8. The summed E-state index contributed by atoms with van der Waals surface area (Å²) in [6, 6.07) is 0. The lowest BCUT2D eigenvalue weighted by Crippen LogP contribution is -2.37. The van der Waals surface area contributed by atoms with E-state index in [1.807, 2.05) is 21.1 Å². The lowest BCUT2D eigenvalue weighted by molar-refractivity contribution is -0.870. The second kappa shape index (κ2) is 28.9. The van der Waals surface area contributed by atoms with Gasteiger partial charge in [-0.1, -0.05) is 136 Å². The molecule has 0 rings (SSSR count). The maximum Gasteiger partial charge on any atom is 0.472 e. The van der Waals surface area contributed by atoms with E-state index in [9.17, 15) is 14.3 Å². The van der Waals surface area contributed by atoms with Crippen LogP contribution in [-0.4, -0.2) is 75.6 Å². The Kier molecular flexibility index (Phi) is 28.6. The molecule has 1 N–H and O–H groups in total. The summed E-state index contributed by atoms with van der Waals surface area (Å²) in [6.45, 7) is 5.62. The SMILES string of the molecule is CCCCCCCCCCCCCC(=O)OC(COCCCCCCCCCCCC)COP(=O)(O)OCC[N+](C)(C)C. The first-order chi connectivity index (χ1) is 20.6. The minimum absolute atomic E-state index is 0.0931. The summed E-state index contributed by atoms with van der Waals surface area (Å²) in [6.07, 6.45) is 25.5. The van der Waals surface area contributed by atoms with Crippen molar-refractivity contribution in [2.75, 3.05) is 54.1 Å². The van der Waals surface area contributed by atoms with E-state index < -0.39 is 13.9 Å². The number of rotatable bonds is 33. The Hall–Kier alpha value is -0.500. The van der Waals surface area contributed by atoms with Gasteiger partial charge in [-0.3, -0.25) is 13.8 Å². The lowest BCUT2D eigenvalue weighted by Gasteiger charge is -2.24. The predicted molar refractivity (Wildman–Crippen MR) is 178 cm³/mol. The summed E-state index contributed by atoms with van der Waals surface area (Å²) in [7, 11) is 1.68. The molecule has 43 heavy (non-hydrogen) atoms. The fourth-order valence-corrected chi connectivity index (χ4v) is 5.59. The number of phosphoric acid groups is 1. The van der Waals surface area contributed by atoms with Crippen molar-refractivity contribution in [1.29, 1.82) is 0 Å². The van der Waals surface area contributed by atoms with Crippen LogP contribution in [0.2, 0.25) is 0 Å². The third-order valence-corrected chi connectivity index (χ3v) is 8.65. The smallest absolute Gasteiger partial charge is 0.457 e. The molecule has 2 unspecified atom stereocenters. The van der Waals surface area contributed by atoms with Crippen LogP contribution >= 0.6 is 7.82 Å². The molecule has 0 aromatic heterocycles. The summed E-state index contributed by atoms with van der Waals surface area (Å²) in [5.74, 6) is -0.314. The number of phosphoric ester groups is 1. The molecular formula is C34H71NO7P+. The quantitative estimate of drug-likeness (QED) is 0.0332. The zero-order valence-electron chi connectivity index (χ0n) is 29.0. The minimum atomic E-state index is -4.25. The summed E-state index contributed by atoms with van der Waals surface area (Å²) in [4.78, 5) is 22.6. The van der Waals surface area contributed by atoms with Crippen LogP contribution < -0.4 is 0 Å². The number of carbonyl (C=O) groups excluding carboxylic acids is 1. The van der Waals surface area contributed by atoms with Crippen molar-refractivity contribution in [3.63, 3.8) is 0 Å². The first-order valence-corrected chi connectivity index (χ1v) is 19.3. The second-order valence-electron chi connectivity index (χ2n) is 13.3. The van der Waals surface area contributed by atoms with Gasteiger partial charge >= 0.3 is 13.8 Å². The largest absolute Gasteiger partial charge is 0.472 e. The van der Waals surface area contributed by atoms with E-state index >= 15 is 0 Å². The Morgan fingerprint density at radius 1 is 0.628 bits per heavy atom. The molecule has 0 aromatic rings. The van der Waals surface area contributed by atoms with E-state index in [-0.39, 0.29) is 25.8 Å². The van der Waals surface area contributed by atoms with E-state index in [2.05, 4.69) is 13.8 Å². The van der Waals surface area contributed by atoms with Crippen LogP contribution in [0, 0.1) is 0 Å². The molecule has 0 spiro atoms. The number of hydrogen-bond donors (Lipinski definition) is 1. The first kappa shape index (κ1) is 42.5. The minimum Gasteiger partial charge on any atom is -0.457 e. The monoisotopic (exact) mass is 636 g/mol. The van der Waals surface area contributed by atoms with E-state index in [1.54, 1.807) is 0 Å². The van der Waals surface area contributed by atoms with Crippen molar-refractivity contribution < 1.29 is 37.3 Å². The molecule has 0 amide bonds. The van der Waals surface area contributed by atoms with Crippen molar-refractivity contribution in [2.45, 2.75) is 161 Å². The van der Waals surface area contributed by atoms with E-state index in [4.69, 9.17) is 18.5 Å². The van der Waals surface area contributed by atoms with Gasteiger partial charge in [0, 0.05) is 13.0 Å². The number of unbranched alkanes of at least 4 members (excludes halogenated alkanes) is 19. The highest BCUT2D eigenvalue weighted by Crippen LogP contribution is 2.43. The van der Waals surface area contributed by atoms with Crippen molar-refractivity contribution in [3.05, 3.63) is 0 Å². The average Bonchev–Trinajstić information content (AvgIpc) is 2.94. The Balaban J connectivity index is 4.32. The van der Waals surface area contributed by atoms with Gasteiger partial charge in [-0.2, -0.15) is 0 Å². The van der Waals surface area contributed by atoms with Crippen LogP contribution in [0.4, 0.5) is 0 Å². The van der Waals surface area contributed by atoms with Gasteiger partial charge in [-0.05, 0) is 12.8 Å². The molecule has 0 aliphatic carbocycles. The third-order valence-electron chi connectivity index (χ3n) is 7.67. The normalized spacial score (nSPS) is 14.1. The molecule has 9 heteroatoms. The van der Waals surface area contributed by atoms with Crippen LogP contribution in [0.1, 0.15) is 155 Å². The highest BCUT2D eigenvalue weighted by Gasteiger charge is 2.26. The molecule has 0 saturated carbocycles. The molecular weight excluding hydrogens is 565 g/mol. The van der Waals surface area contributed by atoms with E-state index in [0.29, 0.717) is 24.1 Å². The number of nitrogens with zero attached hydrogens (tertiary/aromatic N) is 1. The highest BCUT2D eigenvalue weighted by molar-refractivity contribution is 7.47. The highest BCUT2D eigenvalue weighted by atomic mass is 31.2. The zero-order valence-corrected chi connectivity index (χ0v) is 29.9. The maximum absolute atomic E-state index is 12.5. The number of quaternary nitrogens is 1. The molecule has 0 bridgehead atoms. The van der Waals surface area contributed by atoms with Crippen molar-refractivity contribution >= 4 is 13.8 Å². The fourth-order valence-electron chi connectivity index (χ4n) is 4.85. The standard InChI is InChI=1S/C34H70NO7P/c1-6-8-10-12-14-16-18-19-21-23-25-27-34(36)42-33(32-41-43(37,38)40-30-28-35(3,4)5)31-39-29-26-24-22-20-17-15-13-11-9-7-2/h33H,6-32H2,1-5H3/p+1. The topological polar surface area (TPSA) is 91.3 Å². The Labute approximate surface area is 266 Å². The summed E-state index contributed by atoms with van der Waals surface area (Å²) in [5, 5.41) is 0. The van der Waals surface area contributed by atoms with Crippen LogP contribution in [0.25, 0.3) is 0 Å². The van der Waals surface area contributed by atoms with E-state index in [1.165, 1.54) is 103 Å². The second-order valence-corrected chi connectivity index (χ2v) is 14.7. The zero-order chi connectivity index (χ0) is 32.1. The van der Waals surface area contributed by atoms with Crippen molar-refractivity contribution in [2.24, 2.45) is 0 Å². The van der Waals surface area contributed by atoms with Gasteiger partial charge in [0.05, 0.1) is 34.4 Å². The van der Waals surface area contributed by atoms with Gasteiger partial charge in [0.2, 0.25) is 0 Å². The molecule has 0 aliphatic rings.